The van der Waals surface area contributed by atoms with Crippen LogP contribution >= 0.6 is 0 Å². The molecule has 2 aliphatic rings. The van der Waals surface area contributed by atoms with Crippen LogP contribution in [0.3, 0.4) is 0 Å². The summed E-state index contributed by atoms with van der Waals surface area (Å²) < 4.78 is 0. The molecule has 2 fully saturated rings. The number of nitrogens with one attached hydrogen (secondary N) is 1. The Bertz CT molecular complexity index is 365. The highest BCUT2D eigenvalue weighted by molar-refractivity contribution is 5.21. The lowest BCUT2D eigenvalue weighted by Gasteiger charge is -2.16. The molecule has 0 radical (unpaired) electrons. The SMILES string of the molecule is Cc1cccc(CNCC(C2CC2)C2CC2)c1. The monoisotopic (exact) mass is 229 g/mol. The molecule has 0 saturated heterocycles. The third kappa shape index (κ3) is 3.10. The van der Waals surface area contributed by atoms with E-state index >= 15 is 0 Å². The van der Waals surface area contributed by atoms with Gasteiger partial charge in [-0.3, -0.25) is 0 Å². The van der Waals surface area contributed by atoms with Gasteiger partial charge in [0.2, 0.25) is 0 Å². The lowest BCUT2D eigenvalue weighted by molar-refractivity contribution is 0.378. The fourth-order valence-corrected chi connectivity index (χ4v) is 2.97. The number of benzene rings is 1. The lowest BCUT2D eigenvalue weighted by atomic mass is 9.98. The Morgan fingerprint density at radius 3 is 2.47 bits per heavy atom. The molecule has 2 aliphatic carbocycles. The number of aryl methyl sites for hydroxylation is 1. The summed E-state index contributed by atoms with van der Waals surface area (Å²) in [7, 11) is 0. The molecule has 3 rings (SSSR count). The van der Waals surface area contributed by atoms with Crippen LogP contribution < -0.4 is 5.32 Å². The Morgan fingerprint density at radius 1 is 1.18 bits per heavy atom. The second-order valence-corrected chi connectivity index (χ2v) is 5.96. The van der Waals surface area contributed by atoms with Gasteiger partial charge in [0.05, 0.1) is 0 Å². The van der Waals surface area contributed by atoms with Gasteiger partial charge in [0.25, 0.3) is 0 Å². The Labute approximate surface area is 105 Å². The third-order valence-corrected chi connectivity index (χ3v) is 4.25. The summed E-state index contributed by atoms with van der Waals surface area (Å²) in [5, 5.41) is 3.67. The van der Waals surface area contributed by atoms with Crippen molar-refractivity contribution in [3.05, 3.63) is 35.4 Å². The minimum atomic E-state index is 0.986. The van der Waals surface area contributed by atoms with Gasteiger partial charge in [-0.15, -0.1) is 0 Å². The maximum atomic E-state index is 3.67. The van der Waals surface area contributed by atoms with E-state index in [2.05, 4.69) is 36.5 Å². The van der Waals surface area contributed by atoms with Gasteiger partial charge in [-0.25, -0.2) is 0 Å². The molecule has 0 aromatic heterocycles. The molecule has 1 heteroatoms. The van der Waals surface area contributed by atoms with Crippen LogP contribution in [-0.4, -0.2) is 6.54 Å². The fraction of sp³-hybridized carbons (Fsp3) is 0.625. The van der Waals surface area contributed by atoms with Gasteiger partial charge in [0, 0.05) is 6.54 Å². The first kappa shape index (κ1) is 11.3. The van der Waals surface area contributed by atoms with Crippen LogP contribution in [-0.2, 0) is 6.54 Å². The van der Waals surface area contributed by atoms with Crippen molar-refractivity contribution in [2.45, 2.75) is 39.2 Å². The largest absolute Gasteiger partial charge is 0.312 e. The first-order chi connectivity index (χ1) is 8.33. The third-order valence-electron chi connectivity index (χ3n) is 4.25. The van der Waals surface area contributed by atoms with E-state index in [1.54, 1.807) is 0 Å². The predicted molar refractivity (Wildman–Crippen MR) is 71.8 cm³/mol. The molecule has 0 heterocycles. The van der Waals surface area contributed by atoms with Crippen LogP contribution in [0.4, 0.5) is 0 Å². The molecule has 0 atom stereocenters. The van der Waals surface area contributed by atoms with Crippen molar-refractivity contribution in [2.75, 3.05) is 6.54 Å². The first-order valence-electron chi connectivity index (χ1n) is 7.09. The molecule has 0 spiro atoms. The van der Waals surface area contributed by atoms with Gasteiger partial charge in [-0.05, 0) is 62.5 Å². The minimum Gasteiger partial charge on any atom is -0.312 e. The Balaban J connectivity index is 1.47. The summed E-state index contributed by atoms with van der Waals surface area (Å²) in [6.07, 6.45) is 5.97. The molecular weight excluding hydrogens is 206 g/mol. The van der Waals surface area contributed by atoms with Gasteiger partial charge in [-0.2, -0.15) is 0 Å². The zero-order valence-corrected chi connectivity index (χ0v) is 10.8. The Kier molecular flexibility index (Phi) is 3.19. The molecule has 1 nitrogen and oxygen atoms in total. The van der Waals surface area contributed by atoms with Crippen LogP contribution in [0.15, 0.2) is 24.3 Å². The summed E-state index contributed by atoms with van der Waals surface area (Å²) >= 11 is 0. The number of hydrogen-bond donors (Lipinski definition) is 1. The Hall–Kier alpha value is -0.820. The maximum Gasteiger partial charge on any atom is 0.0205 e. The van der Waals surface area contributed by atoms with Gasteiger partial charge < -0.3 is 5.32 Å². The van der Waals surface area contributed by atoms with E-state index in [0.29, 0.717) is 0 Å². The van der Waals surface area contributed by atoms with Crippen LogP contribution in [0.1, 0.15) is 36.8 Å². The summed E-state index contributed by atoms with van der Waals surface area (Å²) in [6, 6.07) is 8.84. The van der Waals surface area contributed by atoms with Crippen LogP contribution in [0.5, 0.6) is 0 Å². The van der Waals surface area contributed by atoms with Crippen molar-refractivity contribution in [1.82, 2.24) is 5.32 Å². The van der Waals surface area contributed by atoms with Crippen molar-refractivity contribution in [3.8, 4) is 0 Å². The first-order valence-corrected chi connectivity index (χ1v) is 7.09. The molecule has 0 bridgehead atoms. The van der Waals surface area contributed by atoms with E-state index in [9.17, 15) is 0 Å². The molecule has 0 unspecified atom stereocenters. The zero-order valence-electron chi connectivity index (χ0n) is 10.8. The average molecular weight is 229 g/mol. The molecule has 0 amide bonds. The van der Waals surface area contributed by atoms with Gasteiger partial charge >= 0.3 is 0 Å². The molecule has 1 aromatic carbocycles. The Morgan fingerprint density at radius 2 is 1.88 bits per heavy atom. The molecule has 1 aromatic rings. The minimum absolute atomic E-state index is 0.986. The van der Waals surface area contributed by atoms with Crippen molar-refractivity contribution in [1.29, 1.82) is 0 Å². The smallest absolute Gasteiger partial charge is 0.0205 e. The van der Waals surface area contributed by atoms with Crippen molar-refractivity contribution < 1.29 is 0 Å². The average Bonchev–Trinajstić information content (AvgIpc) is 3.15. The van der Waals surface area contributed by atoms with E-state index in [-0.39, 0.29) is 0 Å². The van der Waals surface area contributed by atoms with Crippen molar-refractivity contribution >= 4 is 0 Å². The van der Waals surface area contributed by atoms with Crippen molar-refractivity contribution in [3.63, 3.8) is 0 Å². The standard InChI is InChI=1S/C16H23N/c1-12-3-2-4-13(9-12)10-17-11-16(14-5-6-14)15-7-8-15/h2-4,9,14-17H,5-8,10-11H2,1H3. The fourth-order valence-electron chi connectivity index (χ4n) is 2.97. The molecule has 1 N–H and O–H groups in total. The summed E-state index contributed by atoms with van der Waals surface area (Å²) in [6.45, 7) is 4.45. The van der Waals surface area contributed by atoms with Crippen molar-refractivity contribution in [2.24, 2.45) is 17.8 Å². The van der Waals surface area contributed by atoms with Crippen LogP contribution in [0.25, 0.3) is 0 Å². The highest BCUT2D eigenvalue weighted by Gasteiger charge is 2.40. The zero-order chi connectivity index (χ0) is 11.7. The van der Waals surface area contributed by atoms with Gasteiger partial charge in [-0.1, -0.05) is 29.8 Å². The van der Waals surface area contributed by atoms with E-state index in [4.69, 9.17) is 0 Å². The quantitative estimate of drug-likeness (QED) is 0.787. The molecule has 17 heavy (non-hydrogen) atoms. The highest BCUT2D eigenvalue weighted by atomic mass is 14.9. The second kappa shape index (κ2) is 4.81. The lowest BCUT2D eigenvalue weighted by Crippen LogP contribution is -2.25. The molecular formula is C16H23N. The normalized spacial score (nSPS) is 19.9. The summed E-state index contributed by atoms with van der Waals surface area (Å²) in [4.78, 5) is 0. The van der Waals surface area contributed by atoms with Gasteiger partial charge in [0.15, 0.2) is 0 Å². The predicted octanol–water partition coefficient (Wildman–Crippen LogP) is 3.52. The van der Waals surface area contributed by atoms with Crippen LogP contribution in [0.2, 0.25) is 0 Å². The second-order valence-electron chi connectivity index (χ2n) is 5.96. The molecule has 2 saturated carbocycles. The van der Waals surface area contributed by atoms with E-state index in [1.807, 2.05) is 0 Å². The maximum absolute atomic E-state index is 3.67. The number of hydrogen-bond acceptors (Lipinski definition) is 1. The summed E-state index contributed by atoms with van der Waals surface area (Å²) in [5.74, 6) is 3.11. The van der Waals surface area contributed by atoms with E-state index < -0.39 is 0 Å². The van der Waals surface area contributed by atoms with E-state index in [0.717, 1.165) is 24.3 Å². The summed E-state index contributed by atoms with van der Waals surface area (Å²) in [5.41, 5.74) is 2.79. The molecule has 92 valence electrons. The molecule has 0 aliphatic heterocycles. The highest BCUT2D eigenvalue weighted by Crippen LogP contribution is 2.48. The topological polar surface area (TPSA) is 12.0 Å². The van der Waals surface area contributed by atoms with Crippen LogP contribution in [0, 0.1) is 24.7 Å². The number of rotatable bonds is 6. The van der Waals surface area contributed by atoms with E-state index in [1.165, 1.54) is 43.4 Å². The van der Waals surface area contributed by atoms with Gasteiger partial charge in [0.1, 0.15) is 0 Å².